The Hall–Kier alpha value is -2.73. The maximum atomic E-state index is 5.45. The Morgan fingerprint density at radius 2 is 1.82 bits per heavy atom. The van der Waals surface area contributed by atoms with Crippen molar-refractivity contribution in [2.45, 2.75) is 26.1 Å². The Balaban J connectivity index is 1.84. The minimum absolute atomic E-state index is 0.356. The van der Waals surface area contributed by atoms with Gasteiger partial charge in [0.15, 0.2) is 5.96 Å². The molecule has 0 aliphatic carbocycles. The summed E-state index contributed by atoms with van der Waals surface area (Å²) in [5, 5.41) is 6.74. The molecule has 1 atom stereocenters. The highest BCUT2D eigenvalue weighted by Crippen LogP contribution is 2.24. The number of nitrogens with zero attached hydrogens (tertiary/aromatic N) is 2. The topological polar surface area (TPSA) is 58.1 Å². The number of hydrogen-bond donors (Lipinski definition) is 2. The van der Waals surface area contributed by atoms with Crippen molar-refractivity contribution in [1.29, 1.82) is 0 Å². The van der Waals surface area contributed by atoms with E-state index in [-0.39, 0.29) is 0 Å². The standard InChI is InChI=1S/C22H32N4O2/c1-17(26(3)16-18-9-7-6-8-10-18)14-24-22(23-2)25-15-19-11-12-20(27-4)13-21(19)28-5/h6-13,17H,14-16H2,1-5H3,(H2,23,24,25). The number of hydrogen-bond acceptors (Lipinski definition) is 4. The zero-order valence-corrected chi connectivity index (χ0v) is 17.5. The van der Waals surface area contributed by atoms with Crippen LogP contribution in [-0.4, -0.2) is 51.8 Å². The lowest BCUT2D eigenvalue weighted by atomic mass is 10.2. The third-order valence-corrected chi connectivity index (χ3v) is 4.76. The molecule has 152 valence electrons. The average Bonchev–Trinajstić information content (AvgIpc) is 2.74. The van der Waals surface area contributed by atoms with E-state index in [1.54, 1.807) is 21.3 Å². The first-order chi connectivity index (χ1) is 13.6. The van der Waals surface area contributed by atoms with Gasteiger partial charge in [-0.05, 0) is 31.7 Å². The normalized spacial score (nSPS) is 12.6. The first-order valence-corrected chi connectivity index (χ1v) is 9.47. The monoisotopic (exact) mass is 384 g/mol. The number of nitrogens with one attached hydrogen (secondary N) is 2. The summed E-state index contributed by atoms with van der Waals surface area (Å²) < 4.78 is 10.7. The van der Waals surface area contributed by atoms with Gasteiger partial charge in [-0.25, -0.2) is 0 Å². The van der Waals surface area contributed by atoms with Gasteiger partial charge in [-0.1, -0.05) is 30.3 Å². The van der Waals surface area contributed by atoms with Crippen LogP contribution < -0.4 is 20.1 Å². The smallest absolute Gasteiger partial charge is 0.191 e. The summed E-state index contributed by atoms with van der Waals surface area (Å²) in [5.74, 6) is 2.33. The average molecular weight is 385 g/mol. The summed E-state index contributed by atoms with van der Waals surface area (Å²) in [4.78, 5) is 6.64. The molecule has 0 aliphatic rings. The van der Waals surface area contributed by atoms with Gasteiger partial charge in [-0.15, -0.1) is 0 Å². The van der Waals surface area contributed by atoms with Gasteiger partial charge in [-0.3, -0.25) is 9.89 Å². The second-order valence-electron chi connectivity index (χ2n) is 6.73. The Bertz CT molecular complexity index is 749. The Kier molecular flexibility index (Phi) is 8.62. The van der Waals surface area contributed by atoms with Crippen LogP contribution in [0.1, 0.15) is 18.1 Å². The fraction of sp³-hybridized carbons (Fsp3) is 0.409. The first kappa shape index (κ1) is 21.6. The van der Waals surface area contributed by atoms with E-state index in [9.17, 15) is 0 Å². The Labute approximate surface area is 168 Å². The molecule has 0 amide bonds. The fourth-order valence-corrected chi connectivity index (χ4v) is 2.82. The van der Waals surface area contributed by atoms with E-state index in [1.807, 2.05) is 24.3 Å². The first-order valence-electron chi connectivity index (χ1n) is 9.47. The van der Waals surface area contributed by atoms with Crippen LogP contribution in [0.3, 0.4) is 0 Å². The van der Waals surface area contributed by atoms with Crippen LogP contribution in [0, 0.1) is 0 Å². The molecule has 0 saturated carbocycles. The minimum Gasteiger partial charge on any atom is -0.497 e. The molecule has 6 nitrogen and oxygen atoms in total. The molecule has 2 rings (SSSR count). The van der Waals surface area contributed by atoms with Gasteiger partial charge in [0, 0.05) is 44.4 Å². The number of guanidine groups is 1. The third kappa shape index (κ3) is 6.46. The molecule has 0 bridgehead atoms. The van der Waals surface area contributed by atoms with Gasteiger partial charge in [0.2, 0.25) is 0 Å². The number of benzene rings is 2. The molecule has 2 aromatic rings. The van der Waals surface area contributed by atoms with Crippen LogP contribution in [0.4, 0.5) is 0 Å². The van der Waals surface area contributed by atoms with Crippen molar-refractivity contribution >= 4 is 5.96 Å². The van der Waals surface area contributed by atoms with Crippen molar-refractivity contribution < 1.29 is 9.47 Å². The van der Waals surface area contributed by atoms with Gasteiger partial charge in [-0.2, -0.15) is 0 Å². The van der Waals surface area contributed by atoms with Gasteiger partial charge >= 0.3 is 0 Å². The molecule has 0 saturated heterocycles. The SMILES string of the molecule is CN=C(NCc1ccc(OC)cc1OC)NCC(C)N(C)Cc1ccccc1. The zero-order valence-electron chi connectivity index (χ0n) is 17.5. The van der Waals surface area contributed by atoms with Crippen LogP contribution in [0.5, 0.6) is 11.5 Å². The predicted molar refractivity (Wildman–Crippen MR) is 115 cm³/mol. The van der Waals surface area contributed by atoms with Crippen molar-refractivity contribution in [3.05, 3.63) is 59.7 Å². The van der Waals surface area contributed by atoms with Crippen molar-refractivity contribution in [2.24, 2.45) is 4.99 Å². The van der Waals surface area contributed by atoms with Crippen LogP contribution in [0.25, 0.3) is 0 Å². The van der Waals surface area contributed by atoms with E-state index in [4.69, 9.17) is 9.47 Å². The lowest BCUT2D eigenvalue weighted by molar-refractivity contribution is 0.249. The van der Waals surface area contributed by atoms with E-state index in [0.29, 0.717) is 12.6 Å². The van der Waals surface area contributed by atoms with E-state index in [1.165, 1.54) is 5.56 Å². The number of rotatable bonds is 9. The van der Waals surface area contributed by atoms with Gasteiger partial charge < -0.3 is 20.1 Å². The highest BCUT2D eigenvalue weighted by Gasteiger charge is 2.11. The van der Waals surface area contributed by atoms with Gasteiger partial charge in [0.1, 0.15) is 11.5 Å². The molecule has 1 unspecified atom stereocenters. The third-order valence-electron chi connectivity index (χ3n) is 4.76. The maximum absolute atomic E-state index is 5.45. The summed E-state index contributed by atoms with van der Waals surface area (Å²) in [5.41, 5.74) is 2.35. The summed E-state index contributed by atoms with van der Waals surface area (Å²) in [6.45, 7) is 4.53. The molecule has 28 heavy (non-hydrogen) atoms. The van der Waals surface area contributed by atoms with Gasteiger partial charge in [0.05, 0.1) is 14.2 Å². The van der Waals surface area contributed by atoms with E-state index >= 15 is 0 Å². The largest absolute Gasteiger partial charge is 0.497 e. The van der Waals surface area contributed by atoms with Crippen molar-refractivity contribution in [2.75, 3.05) is 34.9 Å². The predicted octanol–water partition coefficient (Wildman–Crippen LogP) is 2.89. The molecule has 0 radical (unpaired) electrons. The molecule has 0 aliphatic heterocycles. The Morgan fingerprint density at radius 1 is 1.07 bits per heavy atom. The van der Waals surface area contributed by atoms with Crippen LogP contribution in [-0.2, 0) is 13.1 Å². The van der Waals surface area contributed by atoms with Crippen molar-refractivity contribution in [3.8, 4) is 11.5 Å². The summed E-state index contributed by atoms with van der Waals surface area (Å²) in [6, 6.07) is 16.7. The maximum Gasteiger partial charge on any atom is 0.191 e. The zero-order chi connectivity index (χ0) is 20.4. The quantitative estimate of drug-likeness (QED) is 0.514. The molecule has 0 spiro atoms. The minimum atomic E-state index is 0.356. The Morgan fingerprint density at radius 3 is 2.46 bits per heavy atom. The lowest BCUT2D eigenvalue weighted by Gasteiger charge is -2.26. The van der Waals surface area contributed by atoms with Crippen molar-refractivity contribution in [1.82, 2.24) is 15.5 Å². The van der Waals surface area contributed by atoms with E-state index in [2.05, 4.69) is 58.8 Å². The molecule has 2 aromatic carbocycles. The van der Waals surface area contributed by atoms with E-state index < -0.39 is 0 Å². The highest BCUT2D eigenvalue weighted by molar-refractivity contribution is 5.79. The highest BCUT2D eigenvalue weighted by atomic mass is 16.5. The molecular formula is C22H32N4O2. The van der Waals surface area contributed by atoms with Crippen LogP contribution in [0.15, 0.2) is 53.5 Å². The molecule has 2 N–H and O–H groups in total. The summed E-state index contributed by atoms with van der Waals surface area (Å²) in [7, 11) is 7.22. The molecular weight excluding hydrogens is 352 g/mol. The number of methoxy groups -OCH3 is 2. The van der Waals surface area contributed by atoms with Gasteiger partial charge in [0.25, 0.3) is 0 Å². The molecule has 0 aromatic heterocycles. The van der Waals surface area contributed by atoms with E-state index in [0.717, 1.165) is 36.1 Å². The number of aliphatic imine (C=N–C) groups is 1. The fourth-order valence-electron chi connectivity index (χ4n) is 2.82. The molecule has 0 heterocycles. The second-order valence-corrected chi connectivity index (χ2v) is 6.73. The molecule has 6 heteroatoms. The van der Waals surface area contributed by atoms with Crippen LogP contribution >= 0.6 is 0 Å². The van der Waals surface area contributed by atoms with Crippen LogP contribution in [0.2, 0.25) is 0 Å². The lowest BCUT2D eigenvalue weighted by Crippen LogP contribution is -2.44. The summed E-state index contributed by atoms with van der Waals surface area (Å²) in [6.07, 6.45) is 0. The second kappa shape index (κ2) is 11.2. The summed E-state index contributed by atoms with van der Waals surface area (Å²) >= 11 is 0. The molecule has 0 fully saturated rings. The number of likely N-dealkylation sites (N-methyl/N-ethyl adjacent to an activating group) is 1. The number of ether oxygens (including phenoxy) is 2. The van der Waals surface area contributed by atoms with Crippen molar-refractivity contribution in [3.63, 3.8) is 0 Å².